The van der Waals surface area contributed by atoms with Crippen LogP contribution in [0, 0.1) is 0 Å². The summed E-state index contributed by atoms with van der Waals surface area (Å²) >= 11 is 1.66. The third-order valence-electron chi connectivity index (χ3n) is 5.16. The molecular formula is C24H25NO4S. The fourth-order valence-electron chi connectivity index (χ4n) is 3.52. The number of nitrogens with zero attached hydrogens (tertiary/aromatic N) is 1. The van der Waals surface area contributed by atoms with Gasteiger partial charge in [-0.15, -0.1) is 11.3 Å². The molecule has 0 saturated heterocycles. The molecule has 0 bridgehead atoms. The van der Waals surface area contributed by atoms with E-state index in [1.807, 2.05) is 65.7 Å². The first-order valence-electron chi connectivity index (χ1n) is 10.0. The first-order chi connectivity index (χ1) is 14.7. The summed E-state index contributed by atoms with van der Waals surface area (Å²) in [5.41, 5.74) is 2.80. The van der Waals surface area contributed by atoms with Crippen LogP contribution in [0.3, 0.4) is 0 Å². The molecule has 6 heteroatoms. The smallest absolute Gasteiger partial charge is 0.254 e. The van der Waals surface area contributed by atoms with Crippen LogP contribution in [-0.4, -0.2) is 31.1 Å². The lowest BCUT2D eigenvalue weighted by molar-refractivity contribution is 0.0752. The van der Waals surface area contributed by atoms with Crippen molar-refractivity contribution in [2.24, 2.45) is 0 Å². The molecule has 1 amide bonds. The Morgan fingerprint density at radius 2 is 2.07 bits per heavy atom. The molecule has 1 aliphatic rings. The highest BCUT2D eigenvalue weighted by Crippen LogP contribution is 2.30. The van der Waals surface area contributed by atoms with E-state index in [-0.39, 0.29) is 5.91 Å². The summed E-state index contributed by atoms with van der Waals surface area (Å²) in [6.07, 6.45) is 0.854. The maximum absolute atomic E-state index is 13.1. The van der Waals surface area contributed by atoms with Gasteiger partial charge in [-0.25, -0.2) is 0 Å². The minimum Gasteiger partial charge on any atom is -0.493 e. The molecule has 1 aliphatic heterocycles. The number of methoxy groups -OCH3 is 1. The van der Waals surface area contributed by atoms with Gasteiger partial charge in [-0.1, -0.05) is 12.1 Å². The number of hydrogen-bond donors (Lipinski definition) is 0. The largest absolute Gasteiger partial charge is 0.493 e. The predicted octanol–water partition coefficient (Wildman–Crippen LogP) is 4.93. The van der Waals surface area contributed by atoms with Gasteiger partial charge in [-0.05, 0) is 59.8 Å². The maximum atomic E-state index is 13.1. The van der Waals surface area contributed by atoms with Crippen molar-refractivity contribution in [3.63, 3.8) is 0 Å². The number of amides is 1. The third-order valence-corrected chi connectivity index (χ3v) is 6.01. The summed E-state index contributed by atoms with van der Waals surface area (Å²) in [5, 5.41) is 2.03. The highest BCUT2D eigenvalue weighted by atomic mass is 32.1. The second kappa shape index (κ2) is 9.22. The van der Waals surface area contributed by atoms with E-state index < -0.39 is 0 Å². The molecule has 0 unspecified atom stereocenters. The van der Waals surface area contributed by atoms with Crippen LogP contribution >= 0.6 is 11.3 Å². The summed E-state index contributed by atoms with van der Waals surface area (Å²) in [6.45, 7) is 4.31. The van der Waals surface area contributed by atoms with Crippen molar-refractivity contribution in [3.05, 3.63) is 75.5 Å². The first-order valence-corrected chi connectivity index (χ1v) is 10.9. The minimum absolute atomic E-state index is 0.0178. The van der Waals surface area contributed by atoms with Crippen LogP contribution in [0.5, 0.6) is 17.2 Å². The molecule has 1 aromatic heterocycles. The molecule has 0 saturated carbocycles. The zero-order valence-electron chi connectivity index (χ0n) is 17.2. The van der Waals surface area contributed by atoms with E-state index in [9.17, 15) is 4.79 Å². The Hall–Kier alpha value is -2.99. The molecule has 0 N–H and O–H groups in total. The summed E-state index contributed by atoms with van der Waals surface area (Å²) in [7, 11) is 1.63. The number of ether oxygens (including phenoxy) is 3. The zero-order chi connectivity index (χ0) is 20.9. The van der Waals surface area contributed by atoms with Crippen molar-refractivity contribution in [2.75, 3.05) is 20.3 Å². The van der Waals surface area contributed by atoms with Gasteiger partial charge >= 0.3 is 0 Å². The molecule has 5 nitrogen and oxygen atoms in total. The van der Waals surface area contributed by atoms with Crippen molar-refractivity contribution in [3.8, 4) is 17.2 Å². The van der Waals surface area contributed by atoms with Gasteiger partial charge in [0, 0.05) is 30.0 Å². The Balaban J connectivity index is 1.46. The normalized spacial score (nSPS) is 12.2. The summed E-state index contributed by atoms with van der Waals surface area (Å²) in [6, 6.07) is 15.6. The van der Waals surface area contributed by atoms with Crippen LogP contribution in [0.2, 0.25) is 0 Å². The maximum Gasteiger partial charge on any atom is 0.254 e. The molecule has 0 radical (unpaired) electrons. The van der Waals surface area contributed by atoms with E-state index >= 15 is 0 Å². The third kappa shape index (κ3) is 4.44. The molecule has 4 rings (SSSR count). The van der Waals surface area contributed by atoms with Crippen molar-refractivity contribution in [2.45, 2.75) is 26.5 Å². The first kappa shape index (κ1) is 20.3. The monoisotopic (exact) mass is 423 g/mol. The second-order valence-corrected chi connectivity index (χ2v) is 8.13. The Bertz CT molecular complexity index is 1020. The molecule has 0 atom stereocenters. The fraction of sp³-hybridized carbons (Fsp3) is 0.292. The number of carbonyl (C=O) groups excluding carboxylic acids is 1. The molecular weight excluding hydrogens is 398 g/mol. The van der Waals surface area contributed by atoms with Gasteiger partial charge < -0.3 is 19.1 Å². The van der Waals surface area contributed by atoms with Crippen LogP contribution in [0.1, 0.15) is 33.3 Å². The van der Waals surface area contributed by atoms with Gasteiger partial charge in [-0.3, -0.25) is 4.79 Å². The van der Waals surface area contributed by atoms with E-state index in [2.05, 4.69) is 0 Å². The lowest BCUT2D eigenvalue weighted by Gasteiger charge is -2.22. The fourth-order valence-corrected chi connectivity index (χ4v) is 4.14. The van der Waals surface area contributed by atoms with E-state index in [4.69, 9.17) is 14.2 Å². The van der Waals surface area contributed by atoms with Gasteiger partial charge in [-0.2, -0.15) is 0 Å². The Kier molecular flexibility index (Phi) is 6.23. The van der Waals surface area contributed by atoms with Crippen molar-refractivity contribution >= 4 is 17.2 Å². The van der Waals surface area contributed by atoms with Crippen LogP contribution in [0.25, 0.3) is 0 Å². The quantitative estimate of drug-likeness (QED) is 0.515. The van der Waals surface area contributed by atoms with Gasteiger partial charge in [0.05, 0.1) is 13.7 Å². The Morgan fingerprint density at radius 1 is 1.17 bits per heavy atom. The van der Waals surface area contributed by atoms with Crippen LogP contribution < -0.4 is 14.2 Å². The highest BCUT2D eigenvalue weighted by molar-refractivity contribution is 7.09. The summed E-state index contributed by atoms with van der Waals surface area (Å²) in [5.74, 6) is 2.27. The summed E-state index contributed by atoms with van der Waals surface area (Å²) in [4.78, 5) is 16.1. The van der Waals surface area contributed by atoms with Crippen molar-refractivity contribution in [1.82, 2.24) is 4.90 Å². The molecule has 3 aromatic rings. The average molecular weight is 424 g/mol. The molecule has 0 aliphatic carbocycles. The topological polar surface area (TPSA) is 48.0 Å². The number of fused-ring (bicyclic) bond motifs is 1. The van der Waals surface area contributed by atoms with E-state index in [0.717, 1.165) is 28.2 Å². The molecule has 0 fully saturated rings. The lowest BCUT2D eigenvalue weighted by Crippen LogP contribution is -2.30. The molecule has 0 spiro atoms. The minimum atomic E-state index is 0.0178. The zero-order valence-corrected chi connectivity index (χ0v) is 18.0. The summed E-state index contributed by atoms with van der Waals surface area (Å²) < 4.78 is 17.0. The van der Waals surface area contributed by atoms with Crippen molar-refractivity contribution < 1.29 is 19.0 Å². The van der Waals surface area contributed by atoms with Gasteiger partial charge in [0.25, 0.3) is 5.91 Å². The number of rotatable bonds is 8. The lowest BCUT2D eigenvalue weighted by atomic mass is 10.1. The second-order valence-electron chi connectivity index (χ2n) is 7.09. The number of hydrogen-bond acceptors (Lipinski definition) is 5. The number of thiophene rings is 1. The molecule has 156 valence electrons. The van der Waals surface area contributed by atoms with E-state index in [1.165, 1.54) is 0 Å². The van der Waals surface area contributed by atoms with Crippen LogP contribution in [0.4, 0.5) is 0 Å². The standard InChI is InChI=1S/C24H25NO4S/c1-3-25(24(26)19-7-9-21-18(14-19)10-11-28-21)15-17-6-8-22(23(13-17)27-2)29-16-20-5-4-12-30-20/h4-9,12-14H,3,10-11,15-16H2,1-2H3. The van der Waals surface area contributed by atoms with Gasteiger partial charge in [0.15, 0.2) is 11.5 Å². The molecule has 2 heterocycles. The average Bonchev–Trinajstić information content (AvgIpc) is 3.47. The Morgan fingerprint density at radius 3 is 2.83 bits per heavy atom. The Labute approximate surface area is 180 Å². The highest BCUT2D eigenvalue weighted by Gasteiger charge is 2.19. The molecule has 30 heavy (non-hydrogen) atoms. The van der Waals surface area contributed by atoms with Crippen LogP contribution in [0.15, 0.2) is 53.9 Å². The number of carbonyl (C=O) groups is 1. The van der Waals surface area contributed by atoms with Gasteiger partial charge in [0.1, 0.15) is 12.4 Å². The van der Waals surface area contributed by atoms with Crippen molar-refractivity contribution in [1.29, 1.82) is 0 Å². The van der Waals surface area contributed by atoms with Crippen LogP contribution in [-0.2, 0) is 19.6 Å². The number of benzene rings is 2. The van der Waals surface area contributed by atoms with E-state index in [1.54, 1.807) is 18.4 Å². The molecule has 2 aromatic carbocycles. The predicted molar refractivity (Wildman–Crippen MR) is 118 cm³/mol. The van der Waals surface area contributed by atoms with Gasteiger partial charge in [0.2, 0.25) is 0 Å². The van der Waals surface area contributed by atoms with E-state index in [0.29, 0.717) is 43.4 Å². The SMILES string of the molecule is CCN(Cc1ccc(OCc2cccs2)c(OC)c1)C(=O)c1ccc2c(c1)CCO2.